The maximum absolute atomic E-state index is 13.1. The quantitative estimate of drug-likeness (QED) is 0.912. The van der Waals surface area contributed by atoms with E-state index >= 15 is 0 Å². The molecule has 0 unspecified atom stereocenters. The van der Waals surface area contributed by atoms with Crippen molar-refractivity contribution in [2.75, 3.05) is 26.2 Å². The fraction of sp³-hybridized carbons (Fsp3) is 0.700. The second-order valence-corrected chi connectivity index (χ2v) is 8.19. The van der Waals surface area contributed by atoms with Gasteiger partial charge in [-0.15, -0.1) is 0 Å². The minimum absolute atomic E-state index is 0.113. The number of carbonyl (C=O) groups excluding carboxylic acids is 1. The van der Waals surface area contributed by atoms with Gasteiger partial charge in [0, 0.05) is 37.9 Å². The van der Waals surface area contributed by atoms with Crippen LogP contribution in [0.3, 0.4) is 0 Å². The van der Waals surface area contributed by atoms with Crippen molar-refractivity contribution in [1.82, 2.24) is 14.8 Å². The number of pyridine rings is 1. The first-order chi connectivity index (χ1) is 11.9. The molecule has 138 valence electrons. The molecule has 1 aliphatic heterocycles. The maximum Gasteiger partial charge on any atom is 0.261 e. The monoisotopic (exact) mass is 345 g/mol. The Bertz CT molecular complexity index is 691. The lowest BCUT2D eigenvalue weighted by Gasteiger charge is -2.34. The van der Waals surface area contributed by atoms with Gasteiger partial charge >= 0.3 is 0 Å². The predicted octanol–water partition coefficient (Wildman–Crippen LogP) is 2.57. The highest BCUT2D eigenvalue weighted by atomic mass is 16.2. The third-order valence-corrected chi connectivity index (χ3v) is 5.58. The van der Waals surface area contributed by atoms with Gasteiger partial charge in [-0.25, -0.2) is 0 Å². The highest BCUT2D eigenvalue weighted by molar-refractivity contribution is 5.95. The number of hydrogen-bond donors (Lipinski definition) is 1. The van der Waals surface area contributed by atoms with Crippen molar-refractivity contribution in [3.8, 4) is 0 Å². The molecule has 0 aromatic carbocycles. The minimum Gasteiger partial charge on any atom is -0.337 e. The topological polar surface area (TPSA) is 56.4 Å². The van der Waals surface area contributed by atoms with Crippen LogP contribution in [-0.4, -0.2) is 52.9 Å². The Morgan fingerprint density at radius 1 is 1.28 bits per heavy atom. The van der Waals surface area contributed by atoms with Gasteiger partial charge in [0.05, 0.1) is 0 Å². The van der Waals surface area contributed by atoms with Gasteiger partial charge in [0.15, 0.2) is 0 Å². The average molecular weight is 345 g/mol. The van der Waals surface area contributed by atoms with Gasteiger partial charge in [0.1, 0.15) is 5.56 Å². The molecular formula is C20H31N3O2. The SMILES string of the molecule is Cc1cc(C)c(C(=O)N2CCCN(CC3CC3)[C@H](C(C)C)C2)c(=O)[nH]1. The second-order valence-electron chi connectivity index (χ2n) is 8.19. The van der Waals surface area contributed by atoms with Crippen molar-refractivity contribution in [3.63, 3.8) is 0 Å². The molecule has 1 aromatic rings. The van der Waals surface area contributed by atoms with E-state index in [4.69, 9.17) is 0 Å². The zero-order valence-electron chi connectivity index (χ0n) is 16.0. The lowest BCUT2D eigenvalue weighted by atomic mass is 10.0. The Kier molecular flexibility index (Phi) is 5.32. The molecule has 0 bridgehead atoms. The van der Waals surface area contributed by atoms with Crippen LogP contribution in [0.25, 0.3) is 0 Å². The van der Waals surface area contributed by atoms with Gasteiger partial charge in [0.2, 0.25) is 0 Å². The number of aryl methyl sites for hydroxylation is 2. The number of aromatic nitrogens is 1. The third-order valence-electron chi connectivity index (χ3n) is 5.58. The largest absolute Gasteiger partial charge is 0.337 e. The van der Waals surface area contributed by atoms with Crippen LogP contribution < -0.4 is 5.56 Å². The molecule has 1 amide bonds. The number of nitrogens with one attached hydrogen (secondary N) is 1. The van der Waals surface area contributed by atoms with Gasteiger partial charge < -0.3 is 9.88 Å². The highest BCUT2D eigenvalue weighted by Gasteiger charge is 2.34. The number of H-pyrrole nitrogens is 1. The van der Waals surface area contributed by atoms with E-state index in [0.717, 1.165) is 49.8 Å². The molecule has 1 saturated carbocycles. The Morgan fingerprint density at radius 3 is 2.60 bits per heavy atom. The smallest absolute Gasteiger partial charge is 0.261 e. The predicted molar refractivity (Wildman–Crippen MR) is 100.0 cm³/mol. The van der Waals surface area contributed by atoms with Crippen molar-refractivity contribution in [2.45, 2.75) is 53.0 Å². The summed E-state index contributed by atoms with van der Waals surface area (Å²) in [7, 11) is 0. The van der Waals surface area contributed by atoms with Crippen molar-refractivity contribution in [3.05, 3.63) is 33.2 Å². The molecule has 1 atom stereocenters. The van der Waals surface area contributed by atoms with Gasteiger partial charge in [-0.1, -0.05) is 13.8 Å². The zero-order chi connectivity index (χ0) is 18.1. The van der Waals surface area contributed by atoms with E-state index in [-0.39, 0.29) is 11.5 Å². The molecule has 2 heterocycles. The van der Waals surface area contributed by atoms with E-state index in [2.05, 4.69) is 23.7 Å². The van der Waals surface area contributed by atoms with Gasteiger partial charge in [0.25, 0.3) is 11.5 Å². The van der Waals surface area contributed by atoms with Crippen molar-refractivity contribution >= 4 is 5.91 Å². The van der Waals surface area contributed by atoms with Crippen molar-refractivity contribution < 1.29 is 4.79 Å². The molecule has 1 saturated heterocycles. The van der Waals surface area contributed by atoms with Gasteiger partial charge in [-0.3, -0.25) is 14.5 Å². The Morgan fingerprint density at radius 2 is 2.00 bits per heavy atom. The lowest BCUT2D eigenvalue weighted by molar-refractivity contribution is 0.0702. The summed E-state index contributed by atoms with van der Waals surface area (Å²) in [5.74, 6) is 1.23. The number of hydrogen-bond acceptors (Lipinski definition) is 3. The molecule has 3 rings (SSSR count). The molecule has 0 radical (unpaired) electrons. The van der Waals surface area contributed by atoms with E-state index < -0.39 is 0 Å². The summed E-state index contributed by atoms with van der Waals surface area (Å²) in [6.45, 7) is 11.8. The first kappa shape index (κ1) is 18.2. The summed E-state index contributed by atoms with van der Waals surface area (Å²) >= 11 is 0. The fourth-order valence-electron chi connectivity index (χ4n) is 4.02. The molecular weight excluding hydrogens is 314 g/mol. The number of aromatic amines is 1. The van der Waals surface area contributed by atoms with Crippen LogP contribution in [0, 0.1) is 25.7 Å². The maximum atomic E-state index is 13.1. The standard InChI is InChI=1S/C20H31N3O2/c1-13(2)17-12-23(9-5-8-22(17)11-16-6-7-16)20(25)18-14(3)10-15(4)21-19(18)24/h10,13,16-17H,5-9,11-12H2,1-4H3,(H,21,24)/t17-/m0/s1. The number of amides is 1. The lowest BCUT2D eigenvalue weighted by Crippen LogP contribution is -2.47. The Labute approximate surface area is 150 Å². The molecule has 5 nitrogen and oxygen atoms in total. The summed E-state index contributed by atoms with van der Waals surface area (Å²) in [4.78, 5) is 32.7. The van der Waals surface area contributed by atoms with Crippen LogP contribution in [-0.2, 0) is 0 Å². The van der Waals surface area contributed by atoms with Crippen molar-refractivity contribution in [2.24, 2.45) is 11.8 Å². The molecule has 2 aliphatic rings. The summed E-state index contributed by atoms with van der Waals surface area (Å²) in [6.07, 6.45) is 3.67. The van der Waals surface area contributed by atoms with Crippen LogP contribution >= 0.6 is 0 Å². The number of rotatable bonds is 4. The summed E-state index contributed by atoms with van der Waals surface area (Å²) in [6, 6.07) is 2.25. The molecule has 1 N–H and O–H groups in total. The number of nitrogens with zero attached hydrogens (tertiary/aromatic N) is 2. The van der Waals surface area contributed by atoms with Crippen LogP contribution in [0.5, 0.6) is 0 Å². The normalized spacial score (nSPS) is 22.3. The van der Waals surface area contributed by atoms with E-state index in [1.165, 1.54) is 12.8 Å². The minimum atomic E-state index is -0.261. The molecule has 1 aliphatic carbocycles. The zero-order valence-corrected chi connectivity index (χ0v) is 16.0. The molecule has 25 heavy (non-hydrogen) atoms. The van der Waals surface area contributed by atoms with E-state index in [1.54, 1.807) is 0 Å². The molecule has 5 heteroatoms. The fourth-order valence-corrected chi connectivity index (χ4v) is 4.02. The Balaban J connectivity index is 1.82. The van der Waals surface area contributed by atoms with Crippen LogP contribution in [0.1, 0.15) is 54.7 Å². The van der Waals surface area contributed by atoms with E-state index in [9.17, 15) is 9.59 Å². The van der Waals surface area contributed by atoms with Crippen LogP contribution in [0.2, 0.25) is 0 Å². The first-order valence-corrected chi connectivity index (χ1v) is 9.60. The summed E-state index contributed by atoms with van der Waals surface area (Å²) < 4.78 is 0. The summed E-state index contributed by atoms with van der Waals surface area (Å²) in [5, 5.41) is 0. The molecule has 2 fully saturated rings. The van der Waals surface area contributed by atoms with Crippen LogP contribution in [0.4, 0.5) is 0 Å². The molecule has 0 spiro atoms. The third kappa shape index (κ3) is 4.14. The van der Waals surface area contributed by atoms with Gasteiger partial charge in [-0.05, 0) is 56.6 Å². The average Bonchev–Trinajstić information content (AvgIpc) is 3.33. The van der Waals surface area contributed by atoms with Crippen molar-refractivity contribution in [1.29, 1.82) is 0 Å². The molecule has 1 aromatic heterocycles. The number of carbonyl (C=O) groups is 1. The highest BCUT2D eigenvalue weighted by Crippen LogP contribution is 2.32. The first-order valence-electron chi connectivity index (χ1n) is 9.60. The summed E-state index contributed by atoms with van der Waals surface area (Å²) in [5.41, 5.74) is 1.61. The Hall–Kier alpha value is -1.62. The van der Waals surface area contributed by atoms with E-state index in [0.29, 0.717) is 17.5 Å². The second kappa shape index (κ2) is 7.32. The van der Waals surface area contributed by atoms with E-state index in [1.807, 2.05) is 24.8 Å². The van der Waals surface area contributed by atoms with Crippen LogP contribution in [0.15, 0.2) is 10.9 Å². The van der Waals surface area contributed by atoms with Gasteiger partial charge in [-0.2, -0.15) is 0 Å².